The van der Waals surface area contributed by atoms with Crippen LogP contribution < -0.4 is 15.6 Å². The molecular formula is C24H27N5O2. The lowest BCUT2D eigenvalue weighted by Gasteiger charge is -2.32. The van der Waals surface area contributed by atoms with Crippen molar-refractivity contribution in [2.45, 2.75) is 43.7 Å². The van der Waals surface area contributed by atoms with E-state index in [-0.39, 0.29) is 18.0 Å². The van der Waals surface area contributed by atoms with Crippen LogP contribution in [0.2, 0.25) is 0 Å². The minimum absolute atomic E-state index is 0.146. The number of hydrogen-bond acceptors (Lipinski definition) is 5. The first kappa shape index (κ1) is 18.8. The number of rotatable bonds is 3. The Bertz CT molecular complexity index is 1090. The standard InChI is InChI=1S/C24H27N5O2/c30-24(21-14-20(27-28-21)16-5-6-22-17(13-16)9-12-31-22)29-10-7-15(8-11-29)23-25-18-3-1-2-4-19(18)26-23/h1-6,13,15,20-21,27-28H,7-12,14H2,(H,25,26). The third-order valence-electron chi connectivity index (χ3n) is 6.92. The van der Waals surface area contributed by atoms with E-state index in [9.17, 15) is 4.79 Å². The highest BCUT2D eigenvalue weighted by molar-refractivity contribution is 5.82. The van der Waals surface area contributed by atoms with Gasteiger partial charge in [0.1, 0.15) is 17.6 Å². The number of H-pyrrole nitrogens is 1. The summed E-state index contributed by atoms with van der Waals surface area (Å²) in [5.41, 5.74) is 11.2. The summed E-state index contributed by atoms with van der Waals surface area (Å²) in [7, 11) is 0. The SMILES string of the molecule is O=C(C1CC(c2ccc3c(c2)CCO3)NN1)N1CCC(c2nc3ccccc3[nH]2)CC1. The fraction of sp³-hybridized carbons (Fsp3) is 0.417. The number of fused-ring (bicyclic) bond motifs is 2. The van der Waals surface area contributed by atoms with Gasteiger partial charge in [-0.1, -0.05) is 24.3 Å². The van der Waals surface area contributed by atoms with E-state index in [4.69, 9.17) is 9.72 Å². The van der Waals surface area contributed by atoms with Crippen molar-refractivity contribution in [3.8, 4) is 5.75 Å². The maximum Gasteiger partial charge on any atom is 0.241 e. The molecule has 31 heavy (non-hydrogen) atoms. The molecule has 2 atom stereocenters. The number of amides is 1. The number of nitrogens with one attached hydrogen (secondary N) is 3. The number of hydrazine groups is 1. The van der Waals surface area contributed by atoms with E-state index in [1.54, 1.807) is 0 Å². The molecule has 1 amide bonds. The number of piperidine rings is 1. The maximum atomic E-state index is 13.1. The Kier molecular flexibility index (Phi) is 4.65. The van der Waals surface area contributed by atoms with Gasteiger partial charge in [0, 0.05) is 31.5 Å². The number of aromatic amines is 1. The topological polar surface area (TPSA) is 82.3 Å². The lowest BCUT2D eigenvalue weighted by molar-refractivity contribution is -0.134. The summed E-state index contributed by atoms with van der Waals surface area (Å²) in [6, 6.07) is 14.5. The van der Waals surface area contributed by atoms with Gasteiger partial charge in [-0.3, -0.25) is 4.79 Å². The van der Waals surface area contributed by atoms with E-state index in [1.807, 2.05) is 23.1 Å². The Morgan fingerprint density at radius 3 is 2.84 bits per heavy atom. The van der Waals surface area contributed by atoms with E-state index in [0.717, 1.165) is 68.0 Å². The van der Waals surface area contributed by atoms with Gasteiger partial charge in [-0.15, -0.1) is 0 Å². The Labute approximate surface area is 181 Å². The van der Waals surface area contributed by atoms with E-state index < -0.39 is 0 Å². The van der Waals surface area contributed by atoms with Crippen molar-refractivity contribution < 1.29 is 9.53 Å². The maximum absolute atomic E-state index is 13.1. The number of ether oxygens (including phenoxy) is 1. The first-order valence-electron chi connectivity index (χ1n) is 11.2. The first-order valence-corrected chi connectivity index (χ1v) is 11.2. The molecule has 0 radical (unpaired) electrons. The molecule has 160 valence electrons. The highest BCUT2D eigenvalue weighted by Crippen LogP contribution is 2.32. The molecule has 7 nitrogen and oxygen atoms in total. The third-order valence-corrected chi connectivity index (χ3v) is 6.92. The third kappa shape index (κ3) is 3.47. The van der Waals surface area contributed by atoms with Crippen LogP contribution in [0, 0.1) is 0 Å². The number of para-hydroxylation sites is 2. The molecule has 2 fully saturated rings. The molecule has 2 unspecified atom stereocenters. The van der Waals surface area contributed by atoms with Gasteiger partial charge in [0.15, 0.2) is 0 Å². The highest BCUT2D eigenvalue weighted by atomic mass is 16.5. The van der Waals surface area contributed by atoms with Crippen molar-refractivity contribution in [3.05, 3.63) is 59.4 Å². The molecule has 0 spiro atoms. The number of carbonyl (C=O) groups excluding carboxylic acids is 1. The van der Waals surface area contributed by atoms with Crippen molar-refractivity contribution >= 4 is 16.9 Å². The average Bonchev–Trinajstić information content (AvgIpc) is 3.57. The van der Waals surface area contributed by atoms with Crippen LogP contribution in [0.1, 0.15) is 48.2 Å². The lowest BCUT2D eigenvalue weighted by atomic mass is 9.94. The predicted octanol–water partition coefficient (Wildman–Crippen LogP) is 2.81. The van der Waals surface area contributed by atoms with Gasteiger partial charge in [0.25, 0.3) is 0 Å². The van der Waals surface area contributed by atoms with Crippen LogP contribution in [0.15, 0.2) is 42.5 Å². The molecule has 3 N–H and O–H groups in total. The van der Waals surface area contributed by atoms with Gasteiger partial charge in [0.05, 0.1) is 17.6 Å². The fourth-order valence-electron chi connectivity index (χ4n) is 5.12. The van der Waals surface area contributed by atoms with Crippen LogP contribution in [0.3, 0.4) is 0 Å². The number of benzene rings is 2. The Hall–Kier alpha value is -2.90. The molecule has 2 saturated heterocycles. The second kappa shape index (κ2) is 7.66. The quantitative estimate of drug-likeness (QED) is 0.611. The molecule has 0 bridgehead atoms. The summed E-state index contributed by atoms with van der Waals surface area (Å²) in [4.78, 5) is 23.4. The summed E-state index contributed by atoms with van der Waals surface area (Å²) < 4.78 is 5.61. The van der Waals surface area contributed by atoms with Crippen LogP contribution >= 0.6 is 0 Å². The van der Waals surface area contributed by atoms with Gasteiger partial charge in [0.2, 0.25) is 5.91 Å². The largest absolute Gasteiger partial charge is 0.493 e. The van der Waals surface area contributed by atoms with Gasteiger partial charge in [-0.2, -0.15) is 0 Å². The number of nitrogens with zero attached hydrogens (tertiary/aromatic N) is 2. The fourth-order valence-corrected chi connectivity index (χ4v) is 5.12. The first-order chi connectivity index (χ1) is 15.2. The number of hydrogen-bond donors (Lipinski definition) is 3. The van der Waals surface area contributed by atoms with Gasteiger partial charge >= 0.3 is 0 Å². The molecule has 0 saturated carbocycles. The molecule has 4 heterocycles. The smallest absolute Gasteiger partial charge is 0.241 e. The van der Waals surface area contributed by atoms with Crippen LogP contribution in [-0.4, -0.2) is 46.5 Å². The number of imidazole rings is 1. The number of aromatic nitrogens is 2. The molecule has 3 aliphatic heterocycles. The van der Waals surface area contributed by atoms with Crippen molar-refractivity contribution in [1.82, 2.24) is 25.7 Å². The zero-order chi connectivity index (χ0) is 20.8. The molecule has 3 aromatic rings. The van der Waals surface area contributed by atoms with Crippen LogP contribution in [-0.2, 0) is 11.2 Å². The normalized spacial score (nSPS) is 23.8. The van der Waals surface area contributed by atoms with Crippen molar-refractivity contribution in [3.63, 3.8) is 0 Å². The summed E-state index contributed by atoms with van der Waals surface area (Å²) >= 11 is 0. The van der Waals surface area contributed by atoms with Gasteiger partial charge in [-0.25, -0.2) is 15.8 Å². The van der Waals surface area contributed by atoms with Crippen LogP contribution in [0.25, 0.3) is 11.0 Å². The second-order valence-corrected chi connectivity index (χ2v) is 8.83. The second-order valence-electron chi connectivity index (χ2n) is 8.83. The van der Waals surface area contributed by atoms with E-state index in [1.165, 1.54) is 11.1 Å². The van der Waals surface area contributed by atoms with Gasteiger partial charge < -0.3 is 14.6 Å². The summed E-state index contributed by atoms with van der Waals surface area (Å²) in [6.07, 6.45) is 3.62. The Morgan fingerprint density at radius 2 is 1.97 bits per heavy atom. The molecule has 6 rings (SSSR count). The van der Waals surface area contributed by atoms with Crippen molar-refractivity contribution in [1.29, 1.82) is 0 Å². The summed E-state index contributed by atoms with van der Waals surface area (Å²) in [5.74, 6) is 2.62. The van der Waals surface area contributed by atoms with Crippen molar-refractivity contribution in [2.75, 3.05) is 19.7 Å². The minimum atomic E-state index is -0.183. The molecular weight excluding hydrogens is 390 g/mol. The van der Waals surface area contributed by atoms with Gasteiger partial charge in [-0.05, 0) is 48.6 Å². The minimum Gasteiger partial charge on any atom is -0.493 e. The highest BCUT2D eigenvalue weighted by Gasteiger charge is 2.35. The average molecular weight is 418 g/mol. The molecule has 3 aliphatic rings. The molecule has 1 aromatic heterocycles. The molecule has 0 aliphatic carbocycles. The van der Waals surface area contributed by atoms with Crippen molar-refractivity contribution in [2.24, 2.45) is 0 Å². The van der Waals surface area contributed by atoms with E-state index in [2.05, 4.69) is 40.1 Å². The number of carbonyl (C=O) groups is 1. The molecule has 2 aromatic carbocycles. The van der Waals surface area contributed by atoms with E-state index >= 15 is 0 Å². The number of likely N-dealkylation sites (tertiary alicyclic amines) is 1. The predicted molar refractivity (Wildman–Crippen MR) is 118 cm³/mol. The van der Waals surface area contributed by atoms with Crippen LogP contribution in [0.4, 0.5) is 0 Å². The summed E-state index contributed by atoms with van der Waals surface area (Å²) in [5, 5.41) is 0. The zero-order valence-corrected chi connectivity index (χ0v) is 17.4. The molecule has 7 heteroatoms. The monoisotopic (exact) mass is 417 g/mol. The lowest BCUT2D eigenvalue weighted by Crippen LogP contribution is -2.48. The Balaban J connectivity index is 1.07. The van der Waals surface area contributed by atoms with E-state index in [0.29, 0.717) is 5.92 Å². The summed E-state index contributed by atoms with van der Waals surface area (Å²) in [6.45, 7) is 2.32. The Morgan fingerprint density at radius 1 is 1.10 bits per heavy atom. The zero-order valence-electron chi connectivity index (χ0n) is 17.4. The van der Waals surface area contributed by atoms with Crippen LogP contribution in [0.5, 0.6) is 5.75 Å².